The summed E-state index contributed by atoms with van der Waals surface area (Å²) in [7, 11) is 0. The molecule has 0 saturated carbocycles. The van der Waals surface area contributed by atoms with Gasteiger partial charge in [-0.15, -0.1) is 0 Å². The van der Waals surface area contributed by atoms with Gasteiger partial charge in [-0.05, 0) is 30.7 Å². The van der Waals surface area contributed by atoms with Crippen LogP contribution in [0, 0.1) is 6.92 Å². The fourth-order valence-corrected chi connectivity index (χ4v) is 2.19. The van der Waals surface area contributed by atoms with Gasteiger partial charge in [0.1, 0.15) is 12.6 Å². The Balaban J connectivity index is 1.91. The van der Waals surface area contributed by atoms with Gasteiger partial charge >= 0.3 is 0 Å². The first-order chi connectivity index (χ1) is 11.0. The van der Waals surface area contributed by atoms with E-state index in [2.05, 4.69) is 10.3 Å². The lowest BCUT2D eigenvalue weighted by Crippen LogP contribution is -2.92. The minimum atomic E-state index is -1.26. The van der Waals surface area contributed by atoms with Gasteiger partial charge in [-0.3, -0.25) is 9.78 Å². The standard InChI is InChI=1S/C17H19N3O3/c1-12-4-2-6-14(8-12)20-16(21)9-15(17(22)23)19-11-13-5-3-7-18-10-13/h2-8,10,15,19H,9,11H2,1H3,(H,20,21)(H,22,23). The van der Waals surface area contributed by atoms with E-state index in [-0.39, 0.29) is 12.3 Å². The van der Waals surface area contributed by atoms with E-state index in [0.29, 0.717) is 12.2 Å². The summed E-state index contributed by atoms with van der Waals surface area (Å²) < 4.78 is 0. The van der Waals surface area contributed by atoms with Gasteiger partial charge in [0.15, 0.2) is 0 Å². The van der Waals surface area contributed by atoms with E-state index in [1.54, 1.807) is 29.8 Å². The molecule has 1 atom stereocenters. The van der Waals surface area contributed by atoms with Crippen LogP contribution in [0.3, 0.4) is 0 Å². The van der Waals surface area contributed by atoms with Gasteiger partial charge in [0.25, 0.3) is 0 Å². The van der Waals surface area contributed by atoms with Crippen LogP contribution in [0.25, 0.3) is 0 Å². The molecular formula is C17H19N3O3. The lowest BCUT2D eigenvalue weighted by Gasteiger charge is -2.16. The van der Waals surface area contributed by atoms with Crippen molar-refractivity contribution in [3.05, 3.63) is 59.9 Å². The maximum atomic E-state index is 12.0. The van der Waals surface area contributed by atoms with E-state index in [4.69, 9.17) is 0 Å². The normalized spacial score (nSPS) is 11.7. The highest BCUT2D eigenvalue weighted by Crippen LogP contribution is 2.09. The van der Waals surface area contributed by atoms with Gasteiger partial charge in [-0.25, -0.2) is 0 Å². The Labute approximate surface area is 134 Å². The number of quaternary nitrogens is 1. The van der Waals surface area contributed by atoms with Crippen molar-refractivity contribution in [1.82, 2.24) is 4.98 Å². The highest BCUT2D eigenvalue weighted by Gasteiger charge is 2.18. The van der Waals surface area contributed by atoms with E-state index in [0.717, 1.165) is 11.1 Å². The number of carbonyl (C=O) groups excluding carboxylic acids is 2. The van der Waals surface area contributed by atoms with Crippen LogP contribution in [-0.4, -0.2) is 22.9 Å². The molecule has 2 rings (SSSR count). The summed E-state index contributed by atoms with van der Waals surface area (Å²) in [5.74, 6) is -1.61. The number of benzene rings is 1. The van der Waals surface area contributed by atoms with Gasteiger partial charge < -0.3 is 20.5 Å². The highest BCUT2D eigenvalue weighted by atomic mass is 16.4. The Hall–Kier alpha value is -2.73. The minimum absolute atomic E-state index is 0.156. The first-order valence-corrected chi connectivity index (χ1v) is 7.34. The third kappa shape index (κ3) is 5.52. The second-order valence-corrected chi connectivity index (χ2v) is 5.35. The lowest BCUT2D eigenvalue weighted by atomic mass is 10.1. The number of pyridine rings is 1. The topological polar surface area (TPSA) is 98.7 Å². The van der Waals surface area contributed by atoms with Crippen LogP contribution in [0.4, 0.5) is 5.69 Å². The number of nitrogens with one attached hydrogen (secondary N) is 1. The lowest BCUT2D eigenvalue weighted by molar-refractivity contribution is -0.697. The largest absolute Gasteiger partial charge is 0.544 e. The summed E-state index contributed by atoms with van der Waals surface area (Å²) in [5.41, 5.74) is 2.56. The summed E-state index contributed by atoms with van der Waals surface area (Å²) in [4.78, 5) is 27.2. The second-order valence-electron chi connectivity index (χ2n) is 5.35. The van der Waals surface area contributed by atoms with Crippen LogP contribution in [0.15, 0.2) is 48.8 Å². The fourth-order valence-electron chi connectivity index (χ4n) is 2.19. The molecule has 6 nitrogen and oxygen atoms in total. The van der Waals surface area contributed by atoms with Crippen LogP contribution in [0.2, 0.25) is 0 Å². The van der Waals surface area contributed by atoms with Crippen molar-refractivity contribution in [3.8, 4) is 0 Å². The third-order valence-corrected chi connectivity index (χ3v) is 3.37. The molecule has 23 heavy (non-hydrogen) atoms. The van der Waals surface area contributed by atoms with Crippen molar-refractivity contribution in [1.29, 1.82) is 0 Å². The molecule has 0 aliphatic rings. The molecule has 0 radical (unpaired) electrons. The number of nitrogens with two attached hydrogens (primary N) is 1. The number of rotatable bonds is 7. The Morgan fingerprint density at radius 2 is 2.13 bits per heavy atom. The molecule has 3 N–H and O–H groups in total. The van der Waals surface area contributed by atoms with Crippen LogP contribution in [0.1, 0.15) is 17.5 Å². The molecule has 120 valence electrons. The fraction of sp³-hybridized carbons (Fsp3) is 0.235. The van der Waals surface area contributed by atoms with Crippen molar-refractivity contribution in [2.75, 3.05) is 5.32 Å². The maximum Gasteiger partial charge on any atom is 0.230 e. The van der Waals surface area contributed by atoms with E-state index in [9.17, 15) is 14.7 Å². The number of hydrogen-bond donors (Lipinski definition) is 2. The third-order valence-electron chi connectivity index (χ3n) is 3.37. The van der Waals surface area contributed by atoms with Crippen molar-refractivity contribution in [2.45, 2.75) is 25.9 Å². The van der Waals surface area contributed by atoms with Crippen molar-refractivity contribution >= 4 is 17.6 Å². The number of aliphatic carboxylic acids is 1. The molecule has 0 aliphatic carbocycles. The summed E-state index contributed by atoms with van der Waals surface area (Å²) >= 11 is 0. The number of nitrogens with zero attached hydrogens (tertiary/aromatic N) is 1. The zero-order chi connectivity index (χ0) is 16.7. The number of carbonyl (C=O) groups is 2. The molecular weight excluding hydrogens is 294 g/mol. The minimum Gasteiger partial charge on any atom is -0.544 e. The molecule has 0 aliphatic heterocycles. The molecule has 0 spiro atoms. The maximum absolute atomic E-state index is 12.0. The van der Waals surface area contributed by atoms with Gasteiger partial charge in [0, 0.05) is 23.6 Å². The smallest absolute Gasteiger partial charge is 0.230 e. The number of carboxylic acids is 1. The Kier molecular flexibility index (Phi) is 5.82. The molecule has 0 bridgehead atoms. The Bertz CT molecular complexity index is 674. The average molecular weight is 313 g/mol. The molecule has 0 fully saturated rings. The van der Waals surface area contributed by atoms with Gasteiger partial charge in [0.05, 0.1) is 12.4 Å². The number of carboxylic acid groups (broad SMARTS) is 1. The van der Waals surface area contributed by atoms with Crippen LogP contribution < -0.4 is 15.7 Å². The van der Waals surface area contributed by atoms with Crippen molar-refractivity contribution in [2.24, 2.45) is 0 Å². The number of hydrogen-bond acceptors (Lipinski definition) is 4. The molecule has 0 saturated heterocycles. The molecule has 6 heteroatoms. The monoisotopic (exact) mass is 313 g/mol. The SMILES string of the molecule is Cc1cccc(NC(=O)CC([NH2+]Cc2cccnc2)C(=O)[O-])c1. The van der Waals surface area contributed by atoms with Crippen molar-refractivity contribution < 1.29 is 20.0 Å². The van der Waals surface area contributed by atoms with E-state index >= 15 is 0 Å². The van der Waals surface area contributed by atoms with Crippen LogP contribution in [0.5, 0.6) is 0 Å². The molecule has 2 aromatic rings. The summed E-state index contributed by atoms with van der Waals surface area (Å²) in [6.45, 7) is 2.34. The van der Waals surface area contributed by atoms with Gasteiger partial charge in [-0.2, -0.15) is 0 Å². The molecule has 1 aromatic heterocycles. The van der Waals surface area contributed by atoms with E-state index in [1.807, 2.05) is 31.2 Å². The van der Waals surface area contributed by atoms with Gasteiger partial charge in [0.2, 0.25) is 5.91 Å². The number of aromatic nitrogens is 1. The molecule has 1 amide bonds. The Morgan fingerprint density at radius 1 is 1.30 bits per heavy atom. The molecule has 1 aromatic carbocycles. The molecule has 1 unspecified atom stereocenters. The zero-order valence-electron chi connectivity index (χ0n) is 12.9. The Morgan fingerprint density at radius 3 is 2.78 bits per heavy atom. The average Bonchev–Trinajstić information content (AvgIpc) is 2.52. The zero-order valence-corrected chi connectivity index (χ0v) is 12.9. The van der Waals surface area contributed by atoms with E-state index < -0.39 is 12.0 Å². The molecule has 1 heterocycles. The number of aryl methyl sites for hydroxylation is 1. The summed E-state index contributed by atoms with van der Waals surface area (Å²) in [6.07, 6.45) is 3.15. The van der Waals surface area contributed by atoms with E-state index in [1.165, 1.54) is 0 Å². The second kappa shape index (κ2) is 8.05. The van der Waals surface area contributed by atoms with Crippen LogP contribution >= 0.6 is 0 Å². The number of amides is 1. The predicted molar refractivity (Wildman–Crippen MR) is 83.1 cm³/mol. The first-order valence-electron chi connectivity index (χ1n) is 7.34. The highest BCUT2D eigenvalue weighted by molar-refractivity contribution is 5.93. The number of anilines is 1. The van der Waals surface area contributed by atoms with Crippen molar-refractivity contribution in [3.63, 3.8) is 0 Å². The van der Waals surface area contributed by atoms with Crippen LogP contribution in [-0.2, 0) is 16.1 Å². The van der Waals surface area contributed by atoms with Gasteiger partial charge in [-0.1, -0.05) is 18.2 Å². The quantitative estimate of drug-likeness (QED) is 0.726. The first kappa shape index (κ1) is 16.6. The summed E-state index contributed by atoms with van der Waals surface area (Å²) in [5, 5.41) is 15.5. The predicted octanol–water partition coefficient (Wildman–Crippen LogP) is -0.399. The summed E-state index contributed by atoms with van der Waals surface area (Å²) in [6, 6.07) is 10.0.